The van der Waals surface area contributed by atoms with Gasteiger partial charge in [-0.15, -0.1) is 0 Å². The Bertz CT molecular complexity index is 847. The fourth-order valence-electron chi connectivity index (χ4n) is 6.17. The van der Waals surface area contributed by atoms with Crippen LogP contribution in [-0.2, 0) is 17.6 Å². The molecule has 0 atom stereocenters. The first kappa shape index (κ1) is 26.6. The van der Waals surface area contributed by atoms with Gasteiger partial charge in [0.15, 0.2) is 0 Å². The van der Waals surface area contributed by atoms with Crippen LogP contribution in [0.25, 0.3) is 0 Å². The maximum Gasteiger partial charge on any atom is 0.338 e. The summed E-state index contributed by atoms with van der Waals surface area (Å²) < 4.78 is 5.85. The van der Waals surface area contributed by atoms with Gasteiger partial charge in [0.1, 0.15) is 6.10 Å². The number of carboxylic acids is 1. The third-order valence-corrected chi connectivity index (χ3v) is 8.35. The van der Waals surface area contributed by atoms with Crippen molar-refractivity contribution in [3.05, 3.63) is 34.4 Å². The molecular formula is C27H40O7. The number of rotatable bonds is 9. The lowest BCUT2D eigenvalue weighted by molar-refractivity contribution is -0.0130. The van der Waals surface area contributed by atoms with Gasteiger partial charge in [-0.1, -0.05) is 13.8 Å². The van der Waals surface area contributed by atoms with Gasteiger partial charge in [0.05, 0.1) is 17.2 Å². The molecule has 2 aliphatic carbocycles. The molecule has 0 heterocycles. The summed E-state index contributed by atoms with van der Waals surface area (Å²) >= 11 is 0. The van der Waals surface area contributed by atoms with Crippen molar-refractivity contribution in [1.82, 2.24) is 0 Å². The van der Waals surface area contributed by atoms with Crippen LogP contribution in [0.3, 0.4) is 0 Å². The maximum absolute atomic E-state index is 13.1. The number of hydrogen-bond donors (Lipinski definition) is 4. The zero-order valence-corrected chi connectivity index (χ0v) is 20.5. The highest BCUT2D eigenvalue weighted by atomic mass is 16.5. The first-order valence-corrected chi connectivity index (χ1v) is 12.7. The summed E-state index contributed by atoms with van der Waals surface area (Å²) in [4.78, 5) is 24.7. The minimum absolute atomic E-state index is 0.0343. The van der Waals surface area contributed by atoms with Gasteiger partial charge in [0, 0.05) is 13.2 Å². The van der Waals surface area contributed by atoms with Crippen LogP contribution < -0.4 is 0 Å². The molecule has 1 aromatic carbocycles. The summed E-state index contributed by atoms with van der Waals surface area (Å²) in [6, 6.07) is 2.84. The van der Waals surface area contributed by atoms with Gasteiger partial charge in [-0.2, -0.15) is 0 Å². The molecule has 0 saturated heterocycles. The molecule has 2 saturated carbocycles. The van der Waals surface area contributed by atoms with Gasteiger partial charge in [-0.05, 0) is 105 Å². The van der Waals surface area contributed by atoms with E-state index in [9.17, 15) is 30.0 Å². The monoisotopic (exact) mass is 476 g/mol. The number of hydrogen-bond acceptors (Lipinski definition) is 6. The van der Waals surface area contributed by atoms with E-state index in [1.165, 1.54) is 12.1 Å². The highest BCUT2D eigenvalue weighted by Gasteiger charge is 2.41. The topological polar surface area (TPSA) is 124 Å². The number of esters is 1. The smallest absolute Gasteiger partial charge is 0.338 e. The van der Waals surface area contributed by atoms with Crippen LogP contribution in [0.15, 0.2) is 12.1 Å². The van der Waals surface area contributed by atoms with E-state index in [-0.39, 0.29) is 54.8 Å². The molecule has 0 amide bonds. The lowest BCUT2D eigenvalue weighted by atomic mass is 9.60. The van der Waals surface area contributed by atoms with Crippen LogP contribution in [0.4, 0.5) is 0 Å². The van der Waals surface area contributed by atoms with Crippen molar-refractivity contribution in [3.8, 4) is 0 Å². The Morgan fingerprint density at radius 2 is 1.32 bits per heavy atom. The second-order valence-corrected chi connectivity index (χ2v) is 10.6. The Morgan fingerprint density at radius 3 is 1.82 bits per heavy atom. The average Bonchev–Trinajstić information content (AvgIpc) is 2.80. The third kappa shape index (κ3) is 5.99. The van der Waals surface area contributed by atoms with Gasteiger partial charge in [0.2, 0.25) is 0 Å². The van der Waals surface area contributed by atoms with Crippen LogP contribution in [0.1, 0.15) is 97.1 Å². The molecule has 0 aliphatic heterocycles. The normalized spacial score (nSPS) is 25.7. The van der Waals surface area contributed by atoms with Gasteiger partial charge in [-0.3, -0.25) is 0 Å². The van der Waals surface area contributed by atoms with E-state index in [1.807, 2.05) is 0 Å². The Kier molecular flexibility index (Phi) is 9.13. The fraction of sp³-hybridized carbons (Fsp3) is 0.704. The first-order valence-electron chi connectivity index (χ1n) is 12.7. The Hall–Kier alpha value is -1.96. The molecule has 190 valence electrons. The SMILES string of the molecule is CC(C)(C1CCC(O)CC1)C1CCC(OC(=O)c2ccc(C(=O)O)c(CCO)c2CCO)CC1. The Balaban J connectivity index is 1.67. The second-order valence-electron chi connectivity index (χ2n) is 10.6. The third-order valence-electron chi connectivity index (χ3n) is 8.35. The highest BCUT2D eigenvalue weighted by molar-refractivity contribution is 5.96. The lowest BCUT2D eigenvalue weighted by Crippen LogP contribution is -2.39. The zero-order chi connectivity index (χ0) is 24.9. The van der Waals surface area contributed by atoms with Crippen LogP contribution in [0.5, 0.6) is 0 Å². The van der Waals surface area contributed by atoms with E-state index in [2.05, 4.69) is 13.8 Å². The van der Waals surface area contributed by atoms with E-state index in [0.717, 1.165) is 51.4 Å². The van der Waals surface area contributed by atoms with Crippen LogP contribution in [0.2, 0.25) is 0 Å². The first-order chi connectivity index (χ1) is 16.2. The number of carboxylic acid groups (broad SMARTS) is 1. The average molecular weight is 477 g/mol. The summed E-state index contributed by atoms with van der Waals surface area (Å²) in [5, 5.41) is 38.3. The molecule has 2 fully saturated rings. The summed E-state index contributed by atoms with van der Waals surface area (Å²) in [6.45, 7) is 4.21. The number of carbonyl (C=O) groups is 2. The van der Waals surface area contributed by atoms with Gasteiger partial charge >= 0.3 is 11.9 Å². The van der Waals surface area contributed by atoms with Gasteiger partial charge in [-0.25, -0.2) is 9.59 Å². The predicted molar refractivity (Wildman–Crippen MR) is 128 cm³/mol. The van der Waals surface area contributed by atoms with Gasteiger partial charge < -0.3 is 25.2 Å². The predicted octanol–water partition coefficient (Wildman–Crippen LogP) is 3.75. The fourth-order valence-corrected chi connectivity index (χ4v) is 6.17. The molecule has 0 spiro atoms. The summed E-state index contributed by atoms with van der Waals surface area (Å²) in [5.74, 6) is -0.461. The molecule has 0 unspecified atom stereocenters. The maximum atomic E-state index is 13.1. The van der Waals surface area contributed by atoms with E-state index < -0.39 is 11.9 Å². The van der Waals surface area contributed by atoms with Crippen LogP contribution in [-0.4, -0.2) is 57.8 Å². The molecule has 0 bridgehead atoms. The lowest BCUT2D eigenvalue weighted by Gasteiger charge is -2.46. The van der Waals surface area contributed by atoms with Crippen molar-refractivity contribution in [2.45, 2.75) is 90.3 Å². The number of carbonyl (C=O) groups excluding carboxylic acids is 1. The number of aromatic carboxylic acids is 1. The number of aliphatic hydroxyl groups is 3. The molecule has 7 heteroatoms. The number of ether oxygens (including phenoxy) is 1. The van der Waals surface area contributed by atoms with Crippen molar-refractivity contribution in [2.75, 3.05) is 13.2 Å². The second kappa shape index (κ2) is 11.6. The van der Waals surface area contributed by atoms with Crippen molar-refractivity contribution in [3.63, 3.8) is 0 Å². The standard InChI is InChI=1S/C27H40O7/c1-27(2,17-3-7-19(30)8-4-17)18-5-9-20(10-6-18)34-26(33)24-12-11-23(25(31)32)21(13-15-28)22(24)14-16-29/h11-12,17-20,28-30H,3-10,13-16H2,1-2H3,(H,31,32). The molecular weight excluding hydrogens is 436 g/mol. The highest BCUT2D eigenvalue weighted by Crippen LogP contribution is 2.48. The minimum Gasteiger partial charge on any atom is -0.478 e. The Labute approximate surface area is 202 Å². The van der Waals surface area contributed by atoms with Gasteiger partial charge in [0.25, 0.3) is 0 Å². The van der Waals surface area contributed by atoms with E-state index in [1.54, 1.807) is 0 Å². The van der Waals surface area contributed by atoms with Crippen molar-refractivity contribution in [1.29, 1.82) is 0 Å². The zero-order valence-electron chi connectivity index (χ0n) is 20.5. The van der Waals surface area contributed by atoms with E-state index in [0.29, 0.717) is 23.0 Å². The molecule has 4 N–H and O–H groups in total. The molecule has 3 rings (SSSR count). The van der Waals surface area contributed by atoms with Crippen molar-refractivity contribution < 1.29 is 34.8 Å². The molecule has 0 radical (unpaired) electrons. The molecule has 0 aromatic heterocycles. The van der Waals surface area contributed by atoms with Crippen molar-refractivity contribution in [2.24, 2.45) is 17.3 Å². The number of benzene rings is 1. The summed E-state index contributed by atoms with van der Waals surface area (Å²) in [6.07, 6.45) is 7.35. The van der Waals surface area contributed by atoms with Crippen LogP contribution >= 0.6 is 0 Å². The van der Waals surface area contributed by atoms with E-state index in [4.69, 9.17) is 4.74 Å². The Morgan fingerprint density at radius 1 is 0.853 bits per heavy atom. The minimum atomic E-state index is -1.13. The summed E-state index contributed by atoms with van der Waals surface area (Å²) in [7, 11) is 0. The largest absolute Gasteiger partial charge is 0.478 e. The molecule has 2 aliphatic rings. The van der Waals surface area contributed by atoms with Crippen LogP contribution in [0, 0.1) is 17.3 Å². The molecule has 7 nitrogen and oxygen atoms in total. The summed E-state index contributed by atoms with van der Waals surface area (Å²) in [5.41, 5.74) is 1.31. The molecule has 34 heavy (non-hydrogen) atoms. The van der Waals surface area contributed by atoms with E-state index >= 15 is 0 Å². The van der Waals surface area contributed by atoms with Crippen molar-refractivity contribution >= 4 is 11.9 Å². The molecule has 1 aromatic rings. The quantitative estimate of drug-likeness (QED) is 0.400. The number of aliphatic hydroxyl groups excluding tert-OH is 3.